The Hall–Kier alpha value is -1.87. The van der Waals surface area contributed by atoms with Gasteiger partial charge in [0.1, 0.15) is 0 Å². The molecule has 2 heterocycles. The van der Waals surface area contributed by atoms with E-state index in [2.05, 4.69) is 28.2 Å². The smallest absolute Gasteiger partial charge is 0.0651 e. The summed E-state index contributed by atoms with van der Waals surface area (Å²) in [6, 6.07) is 8.44. The summed E-state index contributed by atoms with van der Waals surface area (Å²) in [6.45, 7) is 0.246. The van der Waals surface area contributed by atoms with Crippen LogP contribution in [0, 0.1) is 0 Å². The lowest BCUT2D eigenvalue weighted by Gasteiger charge is -1.99. The van der Waals surface area contributed by atoms with Crippen molar-refractivity contribution in [2.24, 2.45) is 0 Å². The number of fused-ring (bicyclic) bond motifs is 3. The number of nitrogens with zero attached hydrogens (tertiary/aromatic N) is 1. The molecule has 3 aromatic rings. The van der Waals surface area contributed by atoms with Crippen LogP contribution in [-0.2, 0) is 6.42 Å². The monoisotopic (exact) mass is 226 g/mol. The maximum Gasteiger partial charge on any atom is 0.0651 e. The first-order chi connectivity index (χ1) is 8.38. The summed E-state index contributed by atoms with van der Waals surface area (Å²) in [6.07, 6.45) is 5.40. The Bertz CT molecular complexity index is 657. The summed E-state index contributed by atoms with van der Waals surface area (Å²) in [5, 5.41) is 11.3. The number of benzene rings is 1. The van der Waals surface area contributed by atoms with Crippen molar-refractivity contribution in [3.05, 3.63) is 42.2 Å². The van der Waals surface area contributed by atoms with Gasteiger partial charge in [-0.2, -0.15) is 0 Å². The molecular weight excluding hydrogens is 212 g/mol. The second-order valence-electron chi connectivity index (χ2n) is 4.25. The van der Waals surface area contributed by atoms with Crippen molar-refractivity contribution in [3.8, 4) is 0 Å². The molecule has 0 unspecified atom stereocenters. The number of aliphatic hydroxyl groups is 1. The Labute approximate surface area is 99.1 Å². The molecule has 0 saturated heterocycles. The molecule has 0 atom stereocenters. The molecule has 0 aliphatic rings. The first kappa shape index (κ1) is 10.3. The van der Waals surface area contributed by atoms with Crippen LogP contribution in [0.1, 0.15) is 12.0 Å². The standard InChI is InChI=1S/C14H14N2O/c17-7-1-2-10-3-4-13-12(8-10)11-5-6-15-9-14(11)16-13/h3-6,8-9,16-17H,1-2,7H2. The average molecular weight is 226 g/mol. The molecule has 0 aliphatic heterocycles. The number of rotatable bonds is 3. The number of aromatic nitrogens is 2. The van der Waals surface area contributed by atoms with Gasteiger partial charge in [-0.15, -0.1) is 0 Å². The van der Waals surface area contributed by atoms with Crippen molar-refractivity contribution >= 4 is 21.8 Å². The molecule has 0 radical (unpaired) electrons. The SMILES string of the molecule is OCCCc1ccc2[nH]c3cnccc3c2c1. The number of nitrogens with one attached hydrogen (secondary N) is 1. The van der Waals surface area contributed by atoms with Crippen molar-refractivity contribution < 1.29 is 5.11 Å². The fourth-order valence-corrected chi connectivity index (χ4v) is 2.24. The van der Waals surface area contributed by atoms with Gasteiger partial charge in [-0.25, -0.2) is 0 Å². The van der Waals surface area contributed by atoms with E-state index in [-0.39, 0.29) is 6.61 Å². The Morgan fingerprint density at radius 3 is 2.94 bits per heavy atom. The number of hydrogen-bond donors (Lipinski definition) is 2. The zero-order chi connectivity index (χ0) is 11.7. The molecule has 3 heteroatoms. The molecule has 0 amide bonds. The molecule has 3 rings (SSSR count). The Morgan fingerprint density at radius 2 is 2.06 bits per heavy atom. The predicted octanol–water partition coefficient (Wildman–Crippen LogP) is 2.64. The third-order valence-electron chi connectivity index (χ3n) is 3.09. The van der Waals surface area contributed by atoms with E-state index in [1.807, 2.05) is 18.5 Å². The summed E-state index contributed by atoms with van der Waals surface area (Å²) in [4.78, 5) is 7.47. The minimum atomic E-state index is 0.246. The van der Waals surface area contributed by atoms with E-state index in [1.165, 1.54) is 16.3 Å². The molecule has 1 aromatic carbocycles. The van der Waals surface area contributed by atoms with E-state index in [4.69, 9.17) is 5.11 Å². The maximum atomic E-state index is 8.86. The number of pyridine rings is 1. The normalized spacial score (nSPS) is 11.4. The van der Waals surface area contributed by atoms with E-state index >= 15 is 0 Å². The van der Waals surface area contributed by atoms with E-state index < -0.39 is 0 Å². The molecule has 0 bridgehead atoms. The van der Waals surface area contributed by atoms with Crippen LogP contribution in [0.25, 0.3) is 21.8 Å². The van der Waals surface area contributed by atoms with E-state index in [0.29, 0.717) is 0 Å². The number of H-pyrrole nitrogens is 1. The lowest BCUT2D eigenvalue weighted by Crippen LogP contribution is -1.88. The van der Waals surface area contributed by atoms with Crippen LogP contribution >= 0.6 is 0 Å². The van der Waals surface area contributed by atoms with Crippen LogP contribution in [0.15, 0.2) is 36.7 Å². The van der Waals surface area contributed by atoms with Crippen LogP contribution < -0.4 is 0 Å². The first-order valence-corrected chi connectivity index (χ1v) is 5.83. The van der Waals surface area contributed by atoms with Crippen molar-refractivity contribution in [3.63, 3.8) is 0 Å². The highest BCUT2D eigenvalue weighted by Gasteiger charge is 2.04. The molecule has 2 aromatic heterocycles. The number of aliphatic hydroxyl groups excluding tert-OH is 1. The molecule has 0 fully saturated rings. The van der Waals surface area contributed by atoms with Crippen molar-refractivity contribution in [2.75, 3.05) is 6.61 Å². The Kier molecular flexibility index (Phi) is 2.53. The molecule has 17 heavy (non-hydrogen) atoms. The summed E-state index contributed by atoms with van der Waals surface area (Å²) in [5.41, 5.74) is 3.48. The van der Waals surface area contributed by atoms with Gasteiger partial charge in [0.05, 0.1) is 11.7 Å². The lowest BCUT2D eigenvalue weighted by atomic mass is 10.1. The highest BCUT2D eigenvalue weighted by molar-refractivity contribution is 6.06. The number of aromatic amines is 1. The van der Waals surface area contributed by atoms with Gasteiger partial charge in [0.2, 0.25) is 0 Å². The summed E-state index contributed by atoms with van der Waals surface area (Å²) in [5.74, 6) is 0. The summed E-state index contributed by atoms with van der Waals surface area (Å²) in [7, 11) is 0. The molecule has 0 aliphatic carbocycles. The minimum Gasteiger partial charge on any atom is -0.396 e. The molecule has 0 spiro atoms. The van der Waals surface area contributed by atoms with Crippen molar-refractivity contribution in [1.29, 1.82) is 0 Å². The van der Waals surface area contributed by atoms with Gasteiger partial charge in [-0.05, 0) is 36.6 Å². The minimum absolute atomic E-state index is 0.246. The second-order valence-corrected chi connectivity index (χ2v) is 4.25. The molecular formula is C14H14N2O. The van der Waals surface area contributed by atoms with Crippen LogP contribution in [0.4, 0.5) is 0 Å². The Balaban J connectivity index is 2.16. The zero-order valence-corrected chi connectivity index (χ0v) is 9.48. The fraction of sp³-hybridized carbons (Fsp3) is 0.214. The average Bonchev–Trinajstić information content (AvgIpc) is 2.74. The molecule has 2 N–H and O–H groups in total. The largest absolute Gasteiger partial charge is 0.396 e. The summed E-state index contributed by atoms with van der Waals surface area (Å²) < 4.78 is 0. The highest BCUT2D eigenvalue weighted by Crippen LogP contribution is 2.25. The fourth-order valence-electron chi connectivity index (χ4n) is 2.24. The van der Waals surface area contributed by atoms with Gasteiger partial charge in [-0.1, -0.05) is 6.07 Å². The van der Waals surface area contributed by atoms with E-state index in [9.17, 15) is 0 Å². The van der Waals surface area contributed by atoms with Gasteiger partial charge in [0.25, 0.3) is 0 Å². The molecule has 86 valence electrons. The van der Waals surface area contributed by atoms with E-state index in [0.717, 1.165) is 23.9 Å². The third-order valence-corrected chi connectivity index (χ3v) is 3.09. The van der Waals surface area contributed by atoms with Crippen LogP contribution in [0.5, 0.6) is 0 Å². The predicted molar refractivity (Wildman–Crippen MR) is 69.0 cm³/mol. The topological polar surface area (TPSA) is 48.9 Å². The van der Waals surface area contributed by atoms with Crippen molar-refractivity contribution in [2.45, 2.75) is 12.8 Å². The quantitative estimate of drug-likeness (QED) is 0.721. The van der Waals surface area contributed by atoms with Gasteiger partial charge >= 0.3 is 0 Å². The highest BCUT2D eigenvalue weighted by atomic mass is 16.2. The van der Waals surface area contributed by atoms with Crippen LogP contribution in [0.3, 0.4) is 0 Å². The molecule has 0 saturated carbocycles. The lowest BCUT2D eigenvalue weighted by molar-refractivity contribution is 0.288. The third kappa shape index (κ3) is 1.78. The van der Waals surface area contributed by atoms with Crippen LogP contribution in [-0.4, -0.2) is 21.7 Å². The number of hydrogen-bond acceptors (Lipinski definition) is 2. The van der Waals surface area contributed by atoms with Gasteiger partial charge in [0.15, 0.2) is 0 Å². The molecule has 3 nitrogen and oxygen atoms in total. The summed E-state index contributed by atoms with van der Waals surface area (Å²) >= 11 is 0. The van der Waals surface area contributed by atoms with Gasteiger partial charge in [0, 0.05) is 29.1 Å². The number of aryl methyl sites for hydroxylation is 1. The first-order valence-electron chi connectivity index (χ1n) is 5.83. The second kappa shape index (κ2) is 4.18. The van der Waals surface area contributed by atoms with Gasteiger partial charge < -0.3 is 10.1 Å². The van der Waals surface area contributed by atoms with Crippen molar-refractivity contribution in [1.82, 2.24) is 9.97 Å². The zero-order valence-electron chi connectivity index (χ0n) is 9.48. The van der Waals surface area contributed by atoms with Gasteiger partial charge in [-0.3, -0.25) is 4.98 Å². The van der Waals surface area contributed by atoms with Crippen LogP contribution in [0.2, 0.25) is 0 Å². The maximum absolute atomic E-state index is 8.86. The van der Waals surface area contributed by atoms with E-state index in [1.54, 1.807) is 0 Å². The Morgan fingerprint density at radius 1 is 1.12 bits per heavy atom.